The number of hydrogen-bond acceptors (Lipinski definition) is 5. The molecule has 0 heterocycles. The van der Waals surface area contributed by atoms with E-state index in [1.807, 2.05) is 26.8 Å². The normalized spacial score (nSPS) is 9.04. The van der Waals surface area contributed by atoms with Crippen LogP contribution in [0, 0.1) is 0 Å². The van der Waals surface area contributed by atoms with Gasteiger partial charge >= 0.3 is 5.97 Å². The van der Waals surface area contributed by atoms with E-state index in [4.69, 9.17) is 19.7 Å². The van der Waals surface area contributed by atoms with Crippen molar-refractivity contribution in [1.29, 1.82) is 0 Å². The summed E-state index contributed by atoms with van der Waals surface area (Å²) in [6, 6.07) is 5.17. The molecule has 0 aliphatic carbocycles. The van der Waals surface area contributed by atoms with Crippen molar-refractivity contribution in [3.8, 4) is 5.75 Å². The van der Waals surface area contributed by atoms with E-state index < -0.39 is 5.97 Å². The number of carbonyl (C=O) groups is 2. The van der Waals surface area contributed by atoms with E-state index >= 15 is 0 Å². The van der Waals surface area contributed by atoms with E-state index in [9.17, 15) is 4.79 Å². The molecule has 0 saturated carbocycles. The number of ether oxygens (including phenoxy) is 1. The van der Waals surface area contributed by atoms with E-state index in [-0.39, 0.29) is 12.2 Å². The number of carbonyl (C=O) groups excluding carboxylic acids is 1. The molecule has 0 fully saturated rings. The highest BCUT2D eigenvalue weighted by molar-refractivity contribution is 5.89. The Labute approximate surface area is 145 Å². The Morgan fingerprint density at radius 2 is 1.75 bits per heavy atom. The molecule has 0 unspecified atom stereocenters. The number of aromatic carboxylic acids is 1. The third-order valence-corrected chi connectivity index (χ3v) is 2.90. The van der Waals surface area contributed by atoms with Crippen molar-refractivity contribution in [2.24, 2.45) is 0 Å². The minimum atomic E-state index is -0.924. The molecule has 0 aliphatic heterocycles. The number of benzene rings is 1. The minimum absolute atomic E-state index is 0.250. The van der Waals surface area contributed by atoms with Gasteiger partial charge in [-0.25, -0.2) is 4.79 Å². The molecule has 6 nitrogen and oxygen atoms in total. The smallest absolute Gasteiger partial charge is 0.335 e. The zero-order chi connectivity index (χ0) is 19.0. The van der Waals surface area contributed by atoms with Crippen LogP contribution in [0.1, 0.15) is 50.4 Å². The van der Waals surface area contributed by atoms with Crippen molar-refractivity contribution >= 4 is 18.4 Å². The summed E-state index contributed by atoms with van der Waals surface area (Å²) in [5.74, 6) is -0.299. The van der Waals surface area contributed by atoms with Crippen LogP contribution in [0.3, 0.4) is 0 Å². The Morgan fingerprint density at radius 3 is 2.21 bits per heavy atom. The molecule has 0 atom stereocenters. The van der Waals surface area contributed by atoms with Crippen molar-refractivity contribution in [2.75, 3.05) is 31.7 Å². The van der Waals surface area contributed by atoms with Gasteiger partial charge in [0.15, 0.2) is 0 Å². The lowest BCUT2D eigenvalue weighted by atomic mass is 10.1. The molecule has 24 heavy (non-hydrogen) atoms. The van der Waals surface area contributed by atoms with Crippen LogP contribution in [0.2, 0.25) is 0 Å². The van der Waals surface area contributed by atoms with Crippen molar-refractivity contribution in [2.45, 2.75) is 40.0 Å². The van der Waals surface area contributed by atoms with Gasteiger partial charge in [0, 0.05) is 32.0 Å². The molecule has 2 N–H and O–H groups in total. The van der Waals surface area contributed by atoms with Gasteiger partial charge in [-0.15, -0.1) is 0 Å². The molecular formula is C18H31NO5. The summed E-state index contributed by atoms with van der Waals surface area (Å²) >= 11 is 0. The molecule has 1 rings (SSSR count). The number of nitrogens with zero attached hydrogens (tertiary/aromatic N) is 1. The third-order valence-electron chi connectivity index (χ3n) is 2.90. The summed E-state index contributed by atoms with van der Waals surface area (Å²) in [5.41, 5.74) is 1.16. The second-order valence-electron chi connectivity index (χ2n) is 4.96. The second-order valence-corrected chi connectivity index (χ2v) is 4.96. The van der Waals surface area contributed by atoms with Gasteiger partial charge < -0.3 is 24.6 Å². The molecule has 6 heteroatoms. The molecule has 0 bridgehead atoms. The standard InChI is InChI=1S/C15H23NO3.C2H6O.CH2O/c1-4-6-7-16(3)13-9-12(15(17)18)10-14(11-13)19-8-5-2;1-2-3;1-2/h9-11H,4-8H2,1-3H3,(H,17,18);3H,2H2,1H3;1H2. The first-order valence-corrected chi connectivity index (χ1v) is 8.12. The van der Waals surface area contributed by atoms with Crippen molar-refractivity contribution in [1.82, 2.24) is 0 Å². The van der Waals surface area contributed by atoms with Crippen molar-refractivity contribution < 1.29 is 24.5 Å². The first-order chi connectivity index (χ1) is 11.5. The first-order valence-electron chi connectivity index (χ1n) is 8.12. The monoisotopic (exact) mass is 341 g/mol. The highest BCUT2D eigenvalue weighted by atomic mass is 16.5. The Bertz CT molecular complexity index is 451. The highest BCUT2D eigenvalue weighted by Crippen LogP contribution is 2.24. The van der Waals surface area contributed by atoms with Gasteiger partial charge in [0.05, 0.1) is 12.2 Å². The van der Waals surface area contributed by atoms with E-state index in [0.29, 0.717) is 12.4 Å². The average molecular weight is 341 g/mol. The maximum Gasteiger partial charge on any atom is 0.335 e. The van der Waals surface area contributed by atoms with Crippen LogP contribution >= 0.6 is 0 Å². The zero-order valence-electron chi connectivity index (χ0n) is 15.2. The van der Waals surface area contributed by atoms with Crippen molar-refractivity contribution in [3.05, 3.63) is 23.8 Å². The highest BCUT2D eigenvalue weighted by Gasteiger charge is 2.10. The largest absolute Gasteiger partial charge is 0.494 e. The summed E-state index contributed by atoms with van der Waals surface area (Å²) < 4.78 is 5.55. The summed E-state index contributed by atoms with van der Waals surface area (Å²) in [6.45, 7) is 9.60. The molecule has 0 amide bonds. The number of aliphatic hydroxyl groups is 1. The summed E-state index contributed by atoms with van der Waals surface area (Å²) in [5, 5.41) is 16.7. The molecule has 0 saturated heterocycles. The molecule has 1 aromatic rings. The average Bonchev–Trinajstić information content (AvgIpc) is 2.60. The van der Waals surface area contributed by atoms with Crippen LogP contribution in [0.15, 0.2) is 18.2 Å². The van der Waals surface area contributed by atoms with E-state index in [1.165, 1.54) is 0 Å². The fraction of sp³-hybridized carbons (Fsp3) is 0.556. The Morgan fingerprint density at radius 1 is 1.17 bits per heavy atom. The number of carboxylic acids is 1. The summed E-state index contributed by atoms with van der Waals surface area (Å²) in [6.07, 6.45) is 3.10. The molecule has 1 aromatic carbocycles. The molecular weight excluding hydrogens is 310 g/mol. The van der Waals surface area contributed by atoms with E-state index in [1.54, 1.807) is 19.1 Å². The second kappa shape index (κ2) is 15.8. The number of hydrogen-bond donors (Lipinski definition) is 2. The number of rotatable bonds is 8. The van der Waals surface area contributed by atoms with Gasteiger partial charge in [0.2, 0.25) is 0 Å². The lowest BCUT2D eigenvalue weighted by Crippen LogP contribution is -2.19. The van der Waals surface area contributed by atoms with Gasteiger partial charge in [0.1, 0.15) is 12.5 Å². The lowest BCUT2D eigenvalue weighted by Gasteiger charge is -2.20. The minimum Gasteiger partial charge on any atom is -0.494 e. The molecule has 0 radical (unpaired) electrons. The Hall–Kier alpha value is -2.08. The maximum atomic E-state index is 11.1. The zero-order valence-corrected chi connectivity index (χ0v) is 15.2. The number of carboxylic acid groups (broad SMARTS) is 1. The maximum absolute atomic E-state index is 11.1. The predicted molar refractivity (Wildman–Crippen MR) is 97.2 cm³/mol. The molecule has 138 valence electrons. The van der Waals surface area contributed by atoms with Crippen LogP contribution in [0.5, 0.6) is 5.75 Å². The Kier molecular flexibility index (Phi) is 15.9. The molecule has 0 aromatic heterocycles. The van der Waals surface area contributed by atoms with Gasteiger partial charge in [-0.2, -0.15) is 0 Å². The SMILES string of the molecule is C=O.CCCCN(C)c1cc(OCCC)cc(C(=O)O)c1.CCO. The lowest BCUT2D eigenvalue weighted by molar-refractivity contribution is -0.0980. The van der Waals surface area contributed by atoms with E-state index in [0.717, 1.165) is 31.5 Å². The topological polar surface area (TPSA) is 87.1 Å². The quantitative estimate of drug-likeness (QED) is 0.755. The van der Waals surface area contributed by atoms with Gasteiger partial charge in [0.25, 0.3) is 0 Å². The number of aliphatic hydroxyl groups excluding tert-OH is 1. The summed E-state index contributed by atoms with van der Waals surface area (Å²) in [7, 11) is 1.97. The first kappa shape index (κ1) is 24.2. The van der Waals surface area contributed by atoms with Gasteiger partial charge in [-0.3, -0.25) is 0 Å². The number of anilines is 1. The summed E-state index contributed by atoms with van der Waals surface area (Å²) in [4.78, 5) is 21.2. The Balaban J connectivity index is 0. The number of unbranched alkanes of at least 4 members (excludes halogenated alkanes) is 1. The van der Waals surface area contributed by atoms with Crippen LogP contribution < -0.4 is 9.64 Å². The van der Waals surface area contributed by atoms with Crippen molar-refractivity contribution in [3.63, 3.8) is 0 Å². The van der Waals surface area contributed by atoms with Crippen LogP contribution in [0.4, 0.5) is 5.69 Å². The van der Waals surface area contributed by atoms with Crippen LogP contribution in [-0.2, 0) is 4.79 Å². The fourth-order valence-electron chi connectivity index (χ4n) is 1.75. The molecule has 0 spiro atoms. The van der Waals surface area contributed by atoms with Crippen LogP contribution in [0.25, 0.3) is 0 Å². The van der Waals surface area contributed by atoms with E-state index in [2.05, 4.69) is 11.8 Å². The predicted octanol–water partition coefficient (Wildman–Crippen LogP) is 3.22. The van der Waals surface area contributed by atoms with Gasteiger partial charge in [-0.1, -0.05) is 20.3 Å². The molecule has 0 aliphatic rings. The van der Waals surface area contributed by atoms with Crippen LogP contribution in [-0.4, -0.2) is 49.8 Å². The fourth-order valence-corrected chi connectivity index (χ4v) is 1.75. The van der Waals surface area contributed by atoms with Gasteiger partial charge in [-0.05, 0) is 31.9 Å². The third kappa shape index (κ3) is 10.6.